The van der Waals surface area contributed by atoms with Gasteiger partial charge in [0.2, 0.25) is 0 Å². The second-order valence-electron chi connectivity index (χ2n) is 6.84. The predicted octanol–water partition coefficient (Wildman–Crippen LogP) is 3.52. The van der Waals surface area contributed by atoms with Crippen LogP contribution in [0.25, 0.3) is 0 Å². The van der Waals surface area contributed by atoms with Crippen LogP contribution in [-0.2, 0) is 0 Å². The first-order valence-electron chi connectivity index (χ1n) is 7.90. The first-order valence-corrected chi connectivity index (χ1v) is 7.90. The number of hydrogen-bond donors (Lipinski definition) is 1. The highest BCUT2D eigenvalue weighted by Gasteiger charge is 2.21. The van der Waals surface area contributed by atoms with Crippen LogP contribution in [0.2, 0.25) is 0 Å². The zero-order chi connectivity index (χ0) is 13.5. The first kappa shape index (κ1) is 16.0. The number of likely N-dealkylation sites (N-methyl/N-ethyl adjacent to an activating group) is 1. The van der Waals surface area contributed by atoms with E-state index in [9.17, 15) is 0 Å². The third-order valence-electron chi connectivity index (χ3n) is 4.51. The zero-order valence-corrected chi connectivity index (χ0v) is 13.2. The number of hydrogen-bond acceptors (Lipinski definition) is 2. The van der Waals surface area contributed by atoms with Crippen molar-refractivity contribution in [2.45, 2.75) is 71.4 Å². The third-order valence-corrected chi connectivity index (χ3v) is 4.51. The molecule has 2 heteroatoms. The molecular formula is C16H34N2. The molecule has 0 bridgehead atoms. The monoisotopic (exact) mass is 254 g/mol. The van der Waals surface area contributed by atoms with Gasteiger partial charge in [-0.2, -0.15) is 0 Å². The second kappa shape index (κ2) is 8.16. The maximum Gasteiger partial charge on any atom is 0.0217 e. The molecule has 2 unspecified atom stereocenters. The van der Waals surface area contributed by atoms with Gasteiger partial charge in [0.25, 0.3) is 0 Å². The van der Waals surface area contributed by atoms with Crippen LogP contribution in [0.1, 0.15) is 59.3 Å². The Bertz CT molecular complexity index is 207. The Hall–Kier alpha value is -0.0800. The van der Waals surface area contributed by atoms with Crippen molar-refractivity contribution in [1.82, 2.24) is 10.2 Å². The summed E-state index contributed by atoms with van der Waals surface area (Å²) in [6.07, 6.45) is 8.50. The Balaban J connectivity index is 2.31. The lowest BCUT2D eigenvalue weighted by molar-refractivity contribution is 0.219. The van der Waals surface area contributed by atoms with Gasteiger partial charge >= 0.3 is 0 Å². The fourth-order valence-corrected chi connectivity index (χ4v) is 3.14. The molecule has 0 aromatic carbocycles. The van der Waals surface area contributed by atoms with Gasteiger partial charge in [-0.25, -0.2) is 0 Å². The van der Waals surface area contributed by atoms with Crippen molar-refractivity contribution < 1.29 is 0 Å². The molecule has 1 N–H and O–H groups in total. The summed E-state index contributed by atoms with van der Waals surface area (Å²) in [4.78, 5) is 2.38. The lowest BCUT2D eigenvalue weighted by Gasteiger charge is -2.32. The van der Waals surface area contributed by atoms with E-state index in [0.717, 1.165) is 18.4 Å². The minimum absolute atomic E-state index is 0.677. The summed E-state index contributed by atoms with van der Waals surface area (Å²) >= 11 is 0. The Kier molecular flexibility index (Phi) is 7.25. The van der Waals surface area contributed by atoms with Crippen molar-refractivity contribution in [1.29, 1.82) is 0 Å². The number of rotatable bonds is 7. The molecule has 1 saturated carbocycles. The van der Waals surface area contributed by atoms with Crippen molar-refractivity contribution in [2.75, 3.05) is 20.6 Å². The highest BCUT2D eigenvalue weighted by atomic mass is 15.1. The van der Waals surface area contributed by atoms with Crippen molar-refractivity contribution in [3.05, 3.63) is 0 Å². The van der Waals surface area contributed by atoms with Crippen molar-refractivity contribution in [3.63, 3.8) is 0 Å². The lowest BCUT2D eigenvalue weighted by atomic mass is 9.84. The molecule has 1 aliphatic carbocycles. The van der Waals surface area contributed by atoms with Crippen LogP contribution in [0.15, 0.2) is 0 Å². The molecule has 0 aromatic heterocycles. The van der Waals surface area contributed by atoms with E-state index in [4.69, 9.17) is 0 Å². The van der Waals surface area contributed by atoms with E-state index >= 15 is 0 Å². The third kappa shape index (κ3) is 5.71. The lowest BCUT2D eigenvalue weighted by Crippen LogP contribution is -2.44. The van der Waals surface area contributed by atoms with Crippen LogP contribution in [0.4, 0.5) is 0 Å². The van der Waals surface area contributed by atoms with E-state index in [0.29, 0.717) is 12.1 Å². The summed E-state index contributed by atoms with van der Waals surface area (Å²) in [6.45, 7) is 8.17. The molecule has 108 valence electrons. The van der Waals surface area contributed by atoms with E-state index in [1.165, 1.54) is 38.5 Å². The first-order chi connectivity index (χ1) is 8.50. The van der Waals surface area contributed by atoms with Crippen LogP contribution in [0.5, 0.6) is 0 Å². The summed E-state index contributed by atoms with van der Waals surface area (Å²) < 4.78 is 0. The van der Waals surface area contributed by atoms with Gasteiger partial charge in [0.1, 0.15) is 0 Å². The summed E-state index contributed by atoms with van der Waals surface area (Å²) in [5.41, 5.74) is 0. The molecule has 0 aromatic rings. The molecule has 0 aliphatic heterocycles. The van der Waals surface area contributed by atoms with E-state index in [2.05, 4.69) is 45.1 Å². The minimum atomic E-state index is 0.677. The molecule has 0 spiro atoms. The quantitative estimate of drug-likeness (QED) is 0.748. The fraction of sp³-hybridized carbons (Fsp3) is 1.00. The van der Waals surface area contributed by atoms with Gasteiger partial charge in [0, 0.05) is 18.6 Å². The maximum absolute atomic E-state index is 3.80. The van der Waals surface area contributed by atoms with Crippen molar-refractivity contribution in [2.24, 2.45) is 11.8 Å². The van der Waals surface area contributed by atoms with Crippen LogP contribution >= 0.6 is 0 Å². The highest BCUT2D eigenvalue weighted by Crippen LogP contribution is 2.26. The second-order valence-corrected chi connectivity index (χ2v) is 6.84. The summed E-state index contributed by atoms with van der Waals surface area (Å²) in [5, 5.41) is 3.80. The molecule has 18 heavy (non-hydrogen) atoms. The molecule has 2 nitrogen and oxygen atoms in total. The Morgan fingerprint density at radius 3 is 2.17 bits per heavy atom. The smallest absolute Gasteiger partial charge is 0.0217 e. The zero-order valence-electron chi connectivity index (χ0n) is 13.2. The topological polar surface area (TPSA) is 15.3 Å². The van der Waals surface area contributed by atoms with Gasteiger partial charge in [-0.3, -0.25) is 0 Å². The van der Waals surface area contributed by atoms with Gasteiger partial charge < -0.3 is 10.2 Å². The average molecular weight is 254 g/mol. The maximum atomic E-state index is 3.80. The van der Waals surface area contributed by atoms with E-state index in [1.807, 2.05) is 0 Å². The van der Waals surface area contributed by atoms with Gasteiger partial charge in [0.05, 0.1) is 0 Å². The van der Waals surface area contributed by atoms with Crippen LogP contribution in [0, 0.1) is 11.8 Å². The molecule has 0 saturated heterocycles. The van der Waals surface area contributed by atoms with Gasteiger partial charge in [-0.15, -0.1) is 0 Å². The normalized spacial score (nSPS) is 21.5. The van der Waals surface area contributed by atoms with Gasteiger partial charge in [-0.1, -0.05) is 33.1 Å². The van der Waals surface area contributed by atoms with Crippen molar-refractivity contribution in [3.8, 4) is 0 Å². The molecule has 1 aliphatic rings. The summed E-state index contributed by atoms with van der Waals surface area (Å²) in [7, 11) is 4.42. The predicted molar refractivity (Wildman–Crippen MR) is 81.0 cm³/mol. The number of nitrogens with one attached hydrogen (secondary N) is 1. The van der Waals surface area contributed by atoms with Crippen LogP contribution in [-0.4, -0.2) is 37.6 Å². The summed E-state index contributed by atoms with van der Waals surface area (Å²) in [6, 6.07) is 1.37. The van der Waals surface area contributed by atoms with Crippen molar-refractivity contribution >= 4 is 0 Å². The Morgan fingerprint density at radius 2 is 1.67 bits per heavy atom. The molecule has 0 radical (unpaired) electrons. The average Bonchev–Trinajstić information content (AvgIpc) is 2.34. The van der Waals surface area contributed by atoms with Crippen LogP contribution < -0.4 is 5.32 Å². The standard InChI is InChI=1S/C16H34N2/c1-13(2)11-16(18(4)5)12-17-14(3)15-9-7-6-8-10-15/h13-17H,6-12H2,1-5H3. The molecule has 2 atom stereocenters. The van der Waals surface area contributed by atoms with Crippen LogP contribution in [0.3, 0.4) is 0 Å². The van der Waals surface area contributed by atoms with E-state index < -0.39 is 0 Å². The summed E-state index contributed by atoms with van der Waals surface area (Å²) in [5.74, 6) is 1.70. The van der Waals surface area contributed by atoms with Gasteiger partial charge in [-0.05, 0) is 52.1 Å². The van der Waals surface area contributed by atoms with E-state index in [1.54, 1.807) is 0 Å². The minimum Gasteiger partial charge on any atom is -0.312 e. The Labute approximate surface area is 115 Å². The largest absolute Gasteiger partial charge is 0.312 e. The fourth-order valence-electron chi connectivity index (χ4n) is 3.14. The molecule has 1 fully saturated rings. The van der Waals surface area contributed by atoms with E-state index in [-0.39, 0.29) is 0 Å². The molecule has 1 rings (SSSR count). The number of nitrogens with zero attached hydrogens (tertiary/aromatic N) is 1. The Morgan fingerprint density at radius 1 is 1.06 bits per heavy atom. The highest BCUT2D eigenvalue weighted by molar-refractivity contribution is 4.79. The molecular weight excluding hydrogens is 220 g/mol. The molecule has 0 amide bonds. The molecule has 0 heterocycles. The van der Waals surface area contributed by atoms with Gasteiger partial charge in [0.15, 0.2) is 0 Å². The SMILES string of the molecule is CC(C)CC(CNC(C)C1CCCCC1)N(C)C.